The number of nitrogens with zero attached hydrogens (tertiary/aromatic N) is 3. The van der Waals surface area contributed by atoms with Crippen LogP contribution in [0, 0.1) is 11.6 Å². The Morgan fingerprint density at radius 3 is 2.07 bits per heavy atom. The summed E-state index contributed by atoms with van der Waals surface area (Å²) in [5.41, 5.74) is 3.68. The summed E-state index contributed by atoms with van der Waals surface area (Å²) in [6, 6.07) is 23.2. The van der Waals surface area contributed by atoms with Crippen LogP contribution in [-0.2, 0) is 19.5 Å². The number of hydrogen-bond acceptors (Lipinski definition) is 3. The van der Waals surface area contributed by atoms with Crippen molar-refractivity contribution in [1.82, 2.24) is 20.3 Å². The molecule has 3 aromatic carbocycles. The van der Waals surface area contributed by atoms with E-state index in [1.165, 1.54) is 16.9 Å². The number of aromatic nitrogens is 3. The minimum Gasteiger partial charge on any atom is -0.311 e. The fraction of sp³-hybridized carbons (Fsp3) is 0.167. The lowest BCUT2D eigenvalue weighted by atomic mass is 10.1. The standard InChI is InChI=1S/C24H22F2N4/c25-21-12-6-4-8-18(21)14-15-27-16-23-24(19-9-2-1-3-10-19)29-30(28-23)17-20-11-5-7-13-22(20)26/h1-13,27H,14-17H2. The number of nitrogens with one attached hydrogen (secondary N) is 1. The predicted molar refractivity (Wildman–Crippen MR) is 113 cm³/mol. The molecular weight excluding hydrogens is 382 g/mol. The topological polar surface area (TPSA) is 42.7 Å². The summed E-state index contributed by atoms with van der Waals surface area (Å²) in [7, 11) is 0. The van der Waals surface area contributed by atoms with Gasteiger partial charge in [0.25, 0.3) is 0 Å². The highest BCUT2D eigenvalue weighted by Gasteiger charge is 2.14. The first-order valence-corrected chi connectivity index (χ1v) is 9.87. The summed E-state index contributed by atoms with van der Waals surface area (Å²) in [4.78, 5) is 1.52. The van der Waals surface area contributed by atoms with Crippen molar-refractivity contribution in [2.24, 2.45) is 0 Å². The molecular formula is C24H22F2N4. The van der Waals surface area contributed by atoms with Gasteiger partial charge in [0.1, 0.15) is 23.0 Å². The summed E-state index contributed by atoms with van der Waals surface area (Å²) < 4.78 is 27.8. The fourth-order valence-corrected chi connectivity index (χ4v) is 3.30. The summed E-state index contributed by atoms with van der Waals surface area (Å²) in [6.45, 7) is 1.34. The van der Waals surface area contributed by atoms with Crippen LogP contribution in [-0.4, -0.2) is 21.5 Å². The van der Waals surface area contributed by atoms with E-state index in [-0.39, 0.29) is 18.2 Å². The van der Waals surface area contributed by atoms with Crippen LogP contribution in [0.2, 0.25) is 0 Å². The SMILES string of the molecule is Fc1ccccc1CCNCc1nn(Cc2ccccc2F)nc1-c1ccccc1. The first-order chi connectivity index (χ1) is 14.7. The lowest BCUT2D eigenvalue weighted by Crippen LogP contribution is -2.18. The quantitative estimate of drug-likeness (QED) is 0.436. The largest absolute Gasteiger partial charge is 0.311 e. The van der Waals surface area contributed by atoms with Crippen LogP contribution in [0.3, 0.4) is 0 Å². The summed E-state index contributed by atoms with van der Waals surface area (Å²) in [5.74, 6) is -0.472. The Morgan fingerprint density at radius 1 is 0.733 bits per heavy atom. The molecule has 1 heterocycles. The lowest BCUT2D eigenvalue weighted by molar-refractivity contribution is 0.542. The monoisotopic (exact) mass is 404 g/mol. The van der Waals surface area contributed by atoms with Gasteiger partial charge in [0.15, 0.2) is 0 Å². The molecule has 1 N–H and O–H groups in total. The Hall–Kier alpha value is -3.38. The smallest absolute Gasteiger partial charge is 0.128 e. The van der Waals surface area contributed by atoms with Gasteiger partial charge in [0, 0.05) is 17.7 Å². The molecule has 4 rings (SSSR count). The molecule has 0 fully saturated rings. The van der Waals surface area contributed by atoms with Gasteiger partial charge in [-0.2, -0.15) is 15.0 Å². The average molecular weight is 404 g/mol. The molecule has 0 saturated heterocycles. The van der Waals surface area contributed by atoms with E-state index in [0.717, 1.165) is 17.0 Å². The minimum atomic E-state index is -0.277. The summed E-state index contributed by atoms with van der Waals surface area (Å²) in [6.07, 6.45) is 0.580. The maximum Gasteiger partial charge on any atom is 0.128 e. The molecule has 0 radical (unpaired) electrons. The van der Waals surface area contributed by atoms with E-state index < -0.39 is 0 Å². The van der Waals surface area contributed by atoms with E-state index in [1.807, 2.05) is 36.4 Å². The second-order valence-electron chi connectivity index (χ2n) is 7.00. The molecule has 0 amide bonds. The number of hydrogen-bond donors (Lipinski definition) is 1. The third-order valence-electron chi connectivity index (χ3n) is 4.86. The zero-order valence-corrected chi connectivity index (χ0v) is 16.4. The van der Waals surface area contributed by atoms with Crippen molar-refractivity contribution in [3.05, 3.63) is 107 Å². The van der Waals surface area contributed by atoms with Crippen LogP contribution in [0.15, 0.2) is 78.9 Å². The first kappa shape index (κ1) is 19.9. The van der Waals surface area contributed by atoms with E-state index in [0.29, 0.717) is 30.6 Å². The number of rotatable bonds is 8. The van der Waals surface area contributed by atoms with E-state index in [2.05, 4.69) is 15.5 Å². The van der Waals surface area contributed by atoms with Gasteiger partial charge >= 0.3 is 0 Å². The van der Waals surface area contributed by atoms with Gasteiger partial charge in [0.05, 0.1) is 6.54 Å². The van der Waals surface area contributed by atoms with E-state index in [1.54, 1.807) is 30.3 Å². The Labute approximate surface area is 174 Å². The number of halogens is 2. The molecule has 0 aliphatic rings. The Kier molecular flexibility index (Phi) is 6.25. The maximum atomic E-state index is 14.0. The van der Waals surface area contributed by atoms with E-state index in [9.17, 15) is 8.78 Å². The third-order valence-corrected chi connectivity index (χ3v) is 4.86. The normalized spacial score (nSPS) is 11.0. The van der Waals surface area contributed by atoms with Gasteiger partial charge in [-0.25, -0.2) is 8.78 Å². The predicted octanol–water partition coefficient (Wildman–Crippen LogP) is 4.60. The van der Waals surface area contributed by atoms with Gasteiger partial charge in [0.2, 0.25) is 0 Å². The van der Waals surface area contributed by atoms with Crippen LogP contribution in [0.4, 0.5) is 8.78 Å². The number of benzene rings is 3. The summed E-state index contributed by atoms with van der Waals surface area (Å²) in [5, 5.41) is 12.5. The first-order valence-electron chi connectivity index (χ1n) is 9.87. The maximum absolute atomic E-state index is 14.0. The van der Waals surface area contributed by atoms with Crippen molar-refractivity contribution in [3.8, 4) is 11.3 Å². The van der Waals surface area contributed by atoms with Crippen molar-refractivity contribution < 1.29 is 8.78 Å². The molecule has 0 atom stereocenters. The van der Waals surface area contributed by atoms with Crippen molar-refractivity contribution in [1.29, 1.82) is 0 Å². The van der Waals surface area contributed by atoms with E-state index in [4.69, 9.17) is 0 Å². The average Bonchev–Trinajstić information content (AvgIpc) is 3.17. The molecule has 4 aromatic rings. The highest BCUT2D eigenvalue weighted by Crippen LogP contribution is 2.20. The zero-order chi connectivity index (χ0) is 20.8. The van der Waals surface area contributed by atoms with Crippen molar-refractivity contribution >= 4 is 0 Å². The molecule has 152 valence electrons. The molecule has 4 nitrogen and oxygen atoms in total. The zero-order valence-electron chi connectivity index (χ0n) is 16.4. The molecule has 0 aliphatic carbocycles. The molecule has 0 aliphatic heterocycles. The highest BCUT2D eigenvalue weighted by molar-refractivity contribution is 5.60. The Balaban J connectivity index is 1.50. The highest BCUT2D eigenvalue weighted by atomic mass is 19.1. The van der Waals surface area contributed by atoms with Crippen LogP contribution in [0.1, 0.15) is 16.8 Å². The molecule has 0 bridgehead atoms. The molecule has 1 aromatic heterocycles. The van der Waals surface area contributed by atoms with E-state index >= 15 is 0 Å². The third kappa shape index (κ3) is 4.78. The summed E-state index contributed by atoms with van der Waals surface area (Å²) >= 11 is 0. The molecule has 6 heteroatoms. The van der Waals surface area contributed by atoms with Crippen LogP contribution >= 0.6 is 0 Å². The minimum absolute atomic E-state index is 0.194. The van der Waals surface area contributed by atoms with Gasteiger partial charge in [-0.1, -0.05) is 66.7 Å². The van der Waals surface area contributed by atoms with Gasteiger partial charge in [-0.15, -0.1) is 0 Å². The van der Waals surface area contributed by atoms with Crippen molar-refractivity contribution in [2.45, 2.75) is 19.5 Å². The second kappa shape index (κ2) is 9.41. The van der Waals surface area contributed by atoms with Crippen molar-refractivity contribution in [3.63, 3.8) is 0 Å². The van der Waals surface area contributed by atoms with Gasteiger partial charge < -0.3 is 5.32 Å². The second-order valence-corrected chi connectivity index (χ2v) is 7.00. The van der Waals surface area contributed by atoms with Crippen molar-refractivity contribution in [2.75, 3.05) is 6.54 Å². The Bertz CT molecular complexity index is 1110. The van der Waals surface area contributed by atoms with Gasteiger partial charge in [-0.05, 0) is 30.7 Å². The van der Waals surface area contributed by atoms with Gasteiger partial charge in [-0.3, -0.25) is 0 Å². The fourth-order valence-electron chi connectivity index (χ4n) is 3.30. The molecule has 0 saturated carbocycles. The molecule has 30 heavy (non-hydrogen) atoms. The van der Waals surface area contributed by atoms with Crippen LogP contribution in [0.25, 0.3) is 11.3 Å². The molecule has 0 unspecified atom stereocenters. The van der Waals surface area contributed by atoms with Crippen LogP contribution in [0.5, 0.6) is 0 Å². The van der Waals surface area contributed by atoms with Crippen LogP contribution < -0.4 is 5.32 Å². The molecule has 0 spiro atoms. The Morgan fingerprint density at radius 2 is 1.37 bits per heavy atom. The lowest BCUT2D eigenvalue weighted by Gasteiger charge is -2.05.